The van der Waals surface area contributed by atoms with Crippen LogP contribution < -0.4 is 0 Å². The van der Waals surface area contributed by atoms with E-state index >= 15 is 0 Å². The minimum atomic E-state index is 0.185. The first-order chi connectivity index (χ1) is 7.29. The average molecular weight is 210 g/mol. The van der Waals surface area contributed by atoms with Gasteiger partial charge in [-0.15, -0.1) is 0 Å². The second kappa shape index (κ2) is 6.65. The molecule has 0 radical (unpaired) electrons. The van der Waals surface area contributed by atoms with E-state index in [9.17, 15) is 4.79 Å². The van der Waals surface area contributed by atoms with Crippen LogP contribution in [0.25, 0.3) is 0 Å². The molecule has 0 fully saturated rings. The van der Waals surface area contributed by atoms with Crippen LogP contribution in [0.2, 0.25) is 0 Å². The first-order valence-corrected chi connectivity index (χ1v) is 6.16. The standard InChI is InChI=1S/C13H22O2/c1-3-7-11(8-4-2)13(14)12-9-5-6-10-15-12/h9,11H,3-8,10H2,1-2H3. The van der Waals surface area contributed by atoms with Crippen LogP contribution >= 0.6 is 0 Å². The molecule has 0 atom stereocenters. The second-order valence-corrected chi connectivity index (χ2v) is 4.20. The third-order valence-electron chi connectivity index (χ3n) is 2.82. The molecule has 15 heavy (non-hydrogen) atoms. The summed E-state index contributed by atoms with van der Waals surface area (Å²) in [6.07, 6.45) is 8.13. The predicted molar refractivity (Wildman–Crippen MR) is 61.6 cm³/mol. The zero-order valence-corrected chi connectivity index (χ0v) is 9.92. The van der Waals surface area contributed by atoms with Gasteiger partial charge < -0.3 is 4.74 Å². The van der Waals surface area contributed by atoms with Gasteiger partial charge >= 0.3 is 0 Å². The summed E-state index contributed by atoms with van der Waals surface area (Å²) < 4.78 is 5.42. The molecule has 0 N–H and O–H groups in total. The quantitative estimate of drug-likeness (QED) is 0.671. The van der Waals surface area contributed by atoms with Gasteiger partial charge in [0.1, 0.15) is 0 Å². The van der Waals surface area contributed by atoms with E-state index in [0.29, 0.717) is 12.4 Å². The van der Waals surface area contributed by atoms with Gasteiger partial charge in [-0.2, -0.15) is 0 Å². The molecule has 0 aromatic heterocycles. The zero-order chi connectivity index (χ0) is 11.1. The van der Waals surface area contributed by atoms with E-state index in [2.05, 4.69) is 13.8 Å². The van der Waals surface area contributed by atoms with E-state index in [1.165, 1.54) is 0 Å². The molecule has 0 unspecified atom stereocenters. The number of allylic oxidation sites excluding steroid dienone is 2. The lowest BCUT2D eigenvalue weighted by Crippen LogP contribution is -2.20. The minimum absolute atomic E-state index is 0.185. The Morgan fingerprint density at radius 1 is 1.40 bits per heavy atom. The Kier molecular flexibility index (Phi) is 5.44. The smallest absolute Gasteiger partial charge is 0.200 e. The molecular formula is C13H22O2. The number of carbonyl (C=O) groups excluding carboxylic acids is 1. The summed E-state index contributed by atoms with van der Waals surface area (Å²) in [5.41, 5.74) is 0. The molecule has 2 heteroatoms. The van der Waals surface area contributed by atoms with Crippen LogP contribution in [0.5, 0.6) is 0 Å². The van der Waals surface area contributed by atoms with Crippen LogP contribution in [0.1, 0.15) is 52.4 Å². The largest absolute Gasteiger partial charge is 0.490 e. The molecule has 86 valence electrons. The van der Waals surface area contributed by atoms with Crippen LogP contribution in [-0.2, 0) is 9.53 Å². The van der Waals surface area contributed by atoms with E-state index in [4.69, 9.17) is 4.74 Å². The lowest BCUT2D eigenvalue weighted by Gasteiger charge is -2.19. The molecule has 0 saturated heterocycles. The Labute approximate surface area is 92.7 Å². The molecule has 0 spiro atoms. The van der Waals surface area contributed by atoms with Gasteiger partial charge in [-0.25, -0.2) is 0 Å². The molecule has 0 amide bonds. The topological polar surface area (TPSA) is 26.3 Å². The molecule has 1 heterocycles. The van der Waals surface area contributed by atoms with Crippen molar-refractivity contribution in [3.63, 3.8) is 0 Å². The third-order valence-corrected chi connectivity index (χ3v) is 2.82. The summed E-state index contributed by atoms with van der Waals surface area (Å²) >= 11 is 0. The van der Waals surface area contributed by atoms with Crippen molar-refractivity contribution in [2.45, 2.75) is 52.4 Å². The first-order valence-electron chi connectivity index (χ1n) is 6.16. The molecule has 0 aromatic rings. The molecule has 2 nitrogen and oxygen atoms in total. The Hall–Kier alpha value is -0.790. The van der Waals surface area contributed by atoms with Crippen molar-refractivity contribution in [1.82, 2.24) is 0 Å². The van der Waals surface area contributed by atoms with Gasteiger partial charge in [0.05, 0.1) is 6.61 Å². The summed E-state index contributed by atoms with van der Waals surface area (Å²) in [7, 11) is 0. The molecule has 0 saturated carbocycles. The molecule has 0 aromatic carbocycles. The van der Waals surface area contributed by atoms with Crippen molar-refractivity contribution >= 4 is 5.78 Å². The first kappa shape index (κ1) is 12.3. The lowest BCUT2D eigenvalue weighted by atomic mass is 9.92. The lowest BCUT2D eigenvalue weighted by molar-refractivity contribution is -0.123. The number of carbonyl (C=O) groups is 1. The molecule has 0 bridgehead atoms. The van der Waals surface area contributed by atoms with E-state index in [1.807, 2.05) is 6.08 Å². The highest BCUT2D eigenvalue weighted by Gasteiger charge is 2.22. The van der Waals surface area contributed by atoms with Crippen molar-refractivity contribution in [2.24, 2.45) is 5.92 Å². The van der Waals surface area contributed by atoms with Crippen molar-refractivity contribution in [2.75, 3.05) is 6.61 Å². The van der Waals surface area contributed by atoms with Crippen molar-refractivity contribution < 1.29 is 9.53 Å². The third kappa shape index (κ3) is 3.69. The van der Waals surface area contributed by atoms with Crippen molar-refractivity contribution in [1.29, 1.82) is 0 Å². The Bertz CT molecular complexity index is 225. The van der Waals surface area contributed by atoms with E-state index < -0.39 is 0 Å². The molecular weight excluding hydrogens is 188 g/mol. The van der Waals surface area contributed by atoms with Crippen LogP contribution in [0, 0.1) is 5.92 Å². The maximum Gasteiger partial charge on any atom is 0.200 e. The molecule has 0 aliphatic carbocycles. The van der Waals surface area contributed by atoms with Crippen LogP contribution in [0.4, 0.5) is 0 Å². The van der Waals surface area contributed by atoms with Crippen molar-refractivity contribution in [3.8, 4) is 0 Å². The fraction of sp³-hybridized carbons (Fsp3) is 0.769. The van der Waals surface area contributed by atoms with Gasteiger partial charge in [0.25, 0.3) is 0 Å². The maximum atomic E-state index is 12.1. The Balaban J connectivity index is 2.57. The van der Waals surface area contributed by atoms with E-state index in [0.717, 1.165) is 38.5 Å². The summed E-state index contributed by atoms with van der Waals surface area (Å²) in [4.78, 5) is 12.1. The molecule has 1 aliphatic rings. The highest BCUT2D eigenvalue weighted by molar-refractivity contribution is 5.95. The zero-order valence-electron chi connectivity index (χ0n) is 9.92. The Morgan fingerprint density at radius 2 is 2.07 bits per heavy atom. The number of ether oxygens (including phenoxy) is 1. The average Bonchev–Trinajstić information content (AvgIpc) is 2.29. The van der Waals surface area contributed by atoms with Gasteiger partial charge in [0, 0.05) is 5.92 Å². The minimum Gasteiger partial charge on any atom is -0.490 e. The van der Waals surface area contributed by atoms with Gasteiger partial charge in [0.2, 0.25) is 0 Å². The van der Waals surface area contributed by atoms with Gasteiger partial charge in [-0.3, -0.25) is 4.79 Å². The maximum absolute atomic E-state index is 12.1. The highest BCUT2D eigenvalue weighted by Crippen LogP contribution is 2.21. The second-order valence-electron chi connectivity index (χ2n) is 4.20. The molecule has 1 aliphatic heterocycles. The fourth-order valence-electron chi connectivity index (χ4n) is 2.03. The van der Waals surface area contributed by atoms with Gasteiger partial charge in [0.15, 0.2) is 11.5 Å². The van der Waals surface area contributed by atoms with E-state index in [1.54, 1.807) is 0 Å². The Morgan fingerprint density at radius 3 is 2.53 bits per heavy atom. The van der Waals surface area contributed by atoms with E-state index in [-0.39, 0.29) is 11.7 Å². The SMILES string of the molecule is CCCC(CCC)C(=O)C1=CCCCO1. The fourth-order valence-corrected chi connectivity index (χ4v) is 2.03. The number of hydrogen-bond donors (Lipinski definition) is 0. The monoisotopic (exact) mass is 210 g/mol. The highest BCUT2D eigenvalue weighted by atomic mass is 16.5. The van der Waals surface area contributed by atoms with Crippen molar-refractivity contribution in [3.05, 3.63) is 11.8 Å². The predicted octanol–water partition coefficient (Wildman–Crippen LogP) is 3.47. The van der Waals surface area contributed by atoms with Crippen LogP contribution in [0.15, 0.2) is 11.8 Å². The van der Waals surface area contributed by atoms with Gasteiger partial charge in [-0.1, -0.05) is 26.7 Å². The van der Waals surface area contributed by atoms with Gasteiger partial charge in [-0.05, 0) is 31.8 Å². The molecule has 1 rings (SSSR count). The number of hydrogen-bond acceptors (Lipinski definition) is 2. The summed E-state index contributed by atoms with van der Waals surface area (Å²) in [6.45, 7) is 4.97. The van der Waals surface area contributed by atoms with Crippen LogP contribution in [-0.4, -0.2) is 12.4 Å². The summed E-state index contributed by atoms with van der Waals surface area (Å²) in [5.74, 6) is 1.05. The number of rotatable bonds is 6. The number of ketones is 1. The van der Waals surface area contributed by atoms with Crippen LogP contribution in [0.3, 0.4) is 0 Å². The summed E-state index contributed by atoms with van der Waals surface area (Å²) in [6, 6.07) is 0. The number of Topliss-reactive ketones (excluding diaryl/α,β-unsaturated/α-hetero) is 1. The normalized spacial score (nSPS) is 16.1. The summed E-state index contributed by atoms with van der Waals surface area (Å²) in [5, 5.41) is 0.